The number of rotatable bonds is 9. The molecule has 1 N–H and O–H groups in total. The Bertz CT molecular complexity index is 1230. The fourth-order valence-electron chi connectivity index (χ4n) is 3.01. The van der Waals surface area contributed by atoms with Crippen molar-refractivity contribution in [2.75, 3.05) is 6.26 Å². The van der Waals surface area contributed by atoms with Gasteiger partial charge in [-0.1, -0.05) is 54.6 Å². The van der Waals surface area contributed by atoms with E-state index in [1.807, 2.05) is 54.6 Å². The summed E-state index contributed by atoms with van der Waals surface area (Å²) in [6.07, 6.45) is 0.930. The van der Waals surface area contributed by atoms with Gasteiger partial charge in [0.05, 0.1) is 23.0 Å². The van der Waals surface area contributed by atoms with Gasteiger partial charge in [0.25, 0.3) is 11.6 Å². The van der Waals surface area contributed by atoms with Gasteiger partial charge in [0.1, 0.15) is 0 Å². The average molecular weight is 455 g/mol. The fourth-order valence-corrected chi connectivity index (χ4v) is 3.68. The minimum atomic E-state index is -3.71. The summed E-state index contributed by atoms with van der Waals surface area (Å²) in [5, 5.41) is 13.8. The molecule has 0 aliphatic carbocycles. The van der Waals surface area contributed by atoms with Gasteiger partial charge in [-0.15, -0.1) is 0 Å². The number of hydrogen-bond acceptors (Lipinski definition) is 6. The molecule has 9 heteroatoms. The molecule has 0 aromatic heterocycles. The number of carbonyl (C=O) groups excluding carboxylic acids is 1. The van der Waals surface area contributed by atoms with Crippen LogP contribution in [0.25, 0.3) is 0 Å². The largest absolute Gasteiger partial charge is 0.372 e. The lowest BCUT2D eigenvalue weighted by atomic mass is 10.1. The number of hydrogen-bond donors (Lipinski definition) is 1. The molecule has 0 aliphatic rings. The van der Waals surface area contributed by atoms with Gasteiger partial charge in [-0.2, -0.15) is 0 Å². The first-order chi connectivity index (χ1) is 15.2. The second-order valence-corrected chi connectivity index (χ2v) is 9.24. The van der Waals surface area contributed by atoms with Crippen molar-refractivity contribution in [2.45, 2.75) is 24.7 Å². The van der Waals surface area contributed by atoms with Crippen molar-refractivity contribution in [1.82, 2.24) is 5.32 Å². The van der Waals surface area contributed by atoms with Crippen LogP contribution in [-0.4, -0.2) is 25.5 Å². The number of nitro benzene ring substituents is 1. The maximum Gasteiger partial charge on any atom is 0.271 e. The summed E-state index contributed by atoms with van der Waals surface area (Å²) >= 11 is 0. The highest BCUT2D eigenvalue weighted by atomic mass is 32.2. The summed E-state index contributed by atoms with van der Waals surface area (Å²) < 4.78 is 29.3. The van der Waals surface area contributed by atoms with E-state index in [0.29, 0.717) is 13.2 Å². The van der Waals surface area contributed by atoms with Gasteiger partial charge in [-0.3, -0.25) is 14.9 Å². The third kappa shape index (κ3) is 6.47. The van der Waals surface area contributed by atoms with Crippen LogP contribution in [0, 0.1) is 10.1 Å². The Balaban J connectivity index is 1.64. The van der Waals surface area contributed by atoms with E-state index in [0.717, 1.165) is 41.1 Å². The lowest BCUT2D eigenvalue weighted by Gasteiger charge is -2.09. The van der Waals surface area contributed by atoms with Crippen molar-refractivity contribution < 1.29 is 22.9 Å². The minimum Gasteiger partial charge on any atom is -0.372 e. The van der Waals surface area contributed by atoms with Crippen molar-refractivity contribution in [3.05, 3.63) is 105 Å². The van der Waals surface area contributed by atoms with Crippen molar-refractivity contribution in [3.63, 3.8) is 0 Å². The average Bonchev–Trinajstić information content (AvgIpc) is 2.77. The number of non-ortho nitro benzene ring substituents is 1. The van der Waals surface area contributed by atoms with Crippen molar-refractivity contribution in [2.24, 2.45) is 0 Å². The Morgan fingerprint density at radius 2 is 1.59 bits per heavy atom. The molecule has 0 saturated heterocycles. The zero-order chi connectivity index (χ0) is 23.1. The van der Waals surface area contributed by atoms with Crippen molar-refractivity contribution in [3.8, 4) is 0 Å². The lowest BCUT2D eigenvalue weighted by molar-refractivity contribution is -0.385. The van der Waals surface area contributed by atoms with E-state index in [1.165, 1.54) is 0 Å². The number of nitrogens with one attached hydrogen (secondary N) is 1. The molecule has 0 radical (unpaired) electrons. The number of nitro groups is 1. The zero-order valence-electron chi connectivity index (χ0n) is 17.4. The van der Waals surface area contributed by atoms with Crippen LogP contribution in [0.2, 0.25) is 0 Å². The lowest BCUT2D eigenvalue weighted by Crippen LogP contribution is -2.23. The maximum absolute atomic E-state index is 12.5. The first-order valence-corrected chi connectivity index (χ1v) is 11.6. The number of benzene rings is 3. The molecule has 0 unspecified atom stereocenters. The molecule has 0 bridgehead atoms. The third-order valence-corrected chi connectivity index (χ3v) is 5.71. The molecule has 0 saturated carbocycles. The highest BCUT2D eigenvalue weighted by molar-refractivity contribution is 7.90. The van der Waals surface area contributed by atoms with Crippen LogP contribution < -0.4 is 5.32 Å². The van der Waals surface area contributed by atoms with Crippen LogP contribution in [0.5, 0.6) is 0 Å². The van der Waals surface area contributed by atoms with E-state index in [2.05, 4.69) is 5.32 Å². The molecule has 0 fully saturated rings. The molecule has 0 aliphatic heterocycles. The quantitative estimate of drug-likeness (QED) is 0.390. The first kappa shape index (κ1) is 23.1. The van der Waals surface area contributed by atoms with E-state index in [9.17, 15) is 23.3 Å². The van der Waals surface area contributed by atoms with E-state index < -0.39 is 26.4 Å². The number of ether oxygens (including phenoxy) is 1. The normalized spacial score (nSPS) is 11.2. The van der Waals surface area contributed by atoms with Crippen molar-refractivity contribution >= 4 is 21.4 Å². The maximum atomic E-state index is 12.5. The Labute approximate surface area is 185 Å². The molecule has 3 rings (SSSR count). The second-order valence-electron chi connectivity index (χ2n) is 7.23. The topological polar surface area (TPSA) is 116 Å². The molecule has 0 atom stereocenters. The standard InChI is InChI=1S/C23H22N2O6S/c1-32(29,30)22-12-20(11-21(13-22)25(27)28)23(26)24-14-18-8-5-9-19(10-18)16-31-15-17-6-3-2-4-7-17/h2-13H,14-16H2,1H3,(H,24,26). The zero-order valence-corrected chi connectivity index (χ0v) is 18.2. The van der Waals surface area contributed by atoms with Crippen LogP contribution in [0.3, 0.4) is 0 Å². The van der Waals surface area contributed by atoms with E-state index in [4.69, 9.17) is 4.74 Å². The summed E-state index contributed by atoms with van der Waals surface area (Å²) in [5.74, 6) is -0.607. The van der Waals surface area contributed by atoms with E-state index in [-0.39, 0.29) is 17.0 Å². The summed E-state index contributed by atoms with van der Waals surface area (Å²) in [6.45, 7) is 1.05. The fraction of sp³-hybridized carbons (Fsp3) is 0.174. The first-order valence-electron chi connectivity index (χ1n) is 9.69. The van der Waals surface area contributed by atoms with Crippen LogP contribution in [0.15, 0.2) is 77.7 Å². The summed E-state index contributed by atoms with van der Waals surface area (Å²) in [7, 11) is -3.71. The number of sulfone groups is 1. The Morgan fingerprint density at radius 3 is 2.28 bits per heavy atom. The van der Waals surface area contributed by atoms with Gasteiger partial charge < -0.3 is 10.1 Å². The third-order valence-electron chi connectivity index (χ3n) is 4.62. The molecule has 3 aromatic rings. The van der Waals surface area contributed by atoms with Gasteiger partial charge in [0.2, 0.25) is 0 Å². The molecule has 3 aromatic carbocycles. The predicted octanol–water partition coefficient (Wildman–Crippen LogP) is 3.65. The summed E-state index contributed by atoms with van der Waals surface area (Å²) in [5.41, 5.74) is 2.26. The van der Waals surface area contributed by atoms with Gasteiger partial charge in [-0.25, -0.2) is 8.42 Å². The monoisotopic (exact) mass is 454 g/mol. The van der Waals surface area contributed by atoms with Gasteiger partial charge in [0, 0.05) is 30.5 Å². The molecule has 32 heavy (non-hydrogen) atoms. The van der Waals surface area contributed by atoms with Crippen LogP contribution >= 0.6 is 0 Å². The molecule has 8 nitrogen and oxygen atoms in total. The number of nitrogens with zero attached hydrogens (tertiary/aromatic N) is 1. The Morgan fingerprint density at radius 1 is 0.938 bits per heavy atom. The molecule has 166 valence electrons. The van der Waals surface area contributed by atoms with Crippen LogP contribution in [-0.2, 0) is 34.3 Å². The molecule has 0 spiro atoms. The number of amides is 1. The highest BCUT2D eigenvalue weighted by Gasteiger charge is 2.19. The molecule has 0 heterocycles. The number of carbonyl (C=O) groups is 1. The van der Waals surface area contributed by atoms with Crippen molar-refractivity contribution in [1.29, 1.82) is 0 Å². The smallest absolute Gasteiger partial charge is 0.271 e. The summed E-state index contributed by atoms with van der Waals surface area (Å²) in [6, 6.07) is 20.4. The van der Waals surface area contributed by atoms with E-state index >= 15 is 0 Å². The SMILES string of the molecule is CS(=O)(=O)c1cc(C(=O)NCc2cccc(COCc3ccccc3)c2)cc([N+](=O)[O-])c1. The Hall–Kier alpha value is -3.56. The Kier molecular flexibility index (Phi) is 7.34. The second kappa shape index (κ2) is 10.2. The predicted molar refractivity (Wildman–Crippen MR) is 119 cm³/mol. The minimum absolute atomic E-state index is 0.0954. The van der Waals surface area contributed by atoms with E-state index in [1.54, 1.807) is 0 Å². The van der Waals surface area contributed by atoms with Crippen LogP contribution in [0.4, 0.5) is 5.69 Å². The highest BCUT2D eigenvalue weighted by Crippen LogP contribution is 2.21. The van der Waals surface area contributed by atoms with Crippen LogP contribution in [0.1, 0.15) is 27.0 Å². The molecule has 1 amide bonds. The molecular weight excluding hydrogens is 432 g/mol. The van der Waals surface area contributed by atoms with Gasteiger partial charge in [0.15, 0.2) is 9.84 Å². The van der Waals surface area contributed by atoms with Gasteiger partial charge in [-0.05, 0) is 22.8 Å². The molecular formula is C23H22N2O6S. The summed E-state index contributed by atoms with van der Waals surface area (Å²) in [4.78, 5) is 22.6. The van der Waals surface area contributed by atoms with Gasteiger partial charge >= 0.3 is 0 Å².